The Kier molecular flexibility index (Phi) is 7.50. The van der Waals surface area contributed by atoms with Crippen molar-refractivity contribution in [2.45, 2.75) is 44.6 Å². The number of piperidine rings is 1. The number of nitrogens with one attached hydrogen (secondary N) is 1. The first-order chi connectivity index (χ1) is 16.1. The third kappa shape index (κ3) is 6.06. The van der Waals surface area contributed by atoms with Gasteiger partial charge < -0.3 is 10.2 Å². The van der Waals surface area contributed by atoms with Crippen molar-refractivity contribution in [1.82, 2.24) is 14.7 Å². The standard InChI is InChI=1S/C26H29FN4O2/c27-23-11-5-4-10-21(23)19-26(33)30-17-14-22(15-18-30)31-24(13-16-28-31)29-25(32)12-6-9-20-7-2-1-3-8-20/h1-5,7-8,10-11,13,16,22H,6,9,12,14-15,17-19H2,(H,29,32). The highest BCUT2D eigenvalue weighted by atomic mass is 19.1. The fraction of sp³-hybridized carbons (Fsp3) is 0.346. The van der Waals surface area contributed by atoms with Crippen molar-refractivity contribution < 1.29 is 14.0 Å². The molecule has 3 aromatic rings. The molecule has 6 nitrogen and oxygen atoms in total. The molecular weight excluding hydrogens is 419 g/mol. The van der Waals surface area contributed by atoms with Gasteiger partial charge in [-0.1, -0.05) is 48.5 Å². The van der Waals surface area contributed by atoms with E-state index in [0.717, 1.165) is 25.7 Å². The molecule has 2 amide bonds. The lowest BCUT2D eigenvalue weighted by Gasteiger charge is -2.33. The van der Waals surface area contributed by atoms with Gasteiger partial charge in [0, 0.05) is 25.6 Å². The minimum absolute atomic E-state index is 0.0230. The van der Waals surface area contributed by atoms with Crippen LogP contribution in [-0.4, -0.2) is 39.6 Å². The van der Waals surface area contributed by atoms with Crippen LogP contribution in [0.25, 0.3) is 0 Å². The van der Waals surface area contributed by atoms with Crippen LogP contribution in [0.2, 0.25) is 0 Å². The molecule has 2 aromatic carbocycles. The molecule has 0 bridgehead atoms. The Morgan fingerprint density at radius 1 is 1.00 bits per heavy atom. The van der Waals surface area contributed by atoms with Crippen molar-refractivity contribution >= 4 is 17.6 Å². The van der Waals surface area contributed by atoms with E-state index in [0.29, 0.717) is 30.9 Å². The monoisotopic (exact) mass is 448 g/mol. The largest absolute Gasteiger partial charge is 0.342 e. The van der Waals surface area contributed by atoms with Gasteiger partial charge in [0.2, 0.25) is 11.8 Å². The summed E-state index contributed by atoms with van der Waals surface area (Å²) in [6, 6.07) is 18.5. The third-order valence-corrected chi connectivity index (χ3v) is 6.11. The van der Waals surface area contributed by atoms with Gasteiger partial charge in [-0.05, 0) is 42.9 Å². The average Bonchev–Trinajstić information content (AvgIpc) is 3.29. The number of halogens is 1. The van der Waals surface area contributed by atoms with Crippen molar-refractivity contribution in [3.05, 3.63) is 83.8 Å². The summed E-state index contributed by atoms with van der Waals surface area (Å²) >= 11 is 0. The molecule has 0 saturated carbocycles. The highest BCUT2D eigenvalue weighted by Crippen LogP contribution is 2.26. The molecule has 2 heterocycles. The highest BCUT2D eigenvalue weighted by molar-refractivity contribution is 5.89. The molecule has 0 radical (unpaired) electrons. The van der Waals surface area contributed by atoms with Crippen LogP contribution in [0, 0.1) is 5.82 Å². The van der Waals surface area contributed by atoms with E-state index in [-0.39, 0.29) is 30.1 Å². The summed E-state index contributed by atoms with van der Waals surface area (Å²) in [5.41, 5.74) is 1.65. The van der Waals surface area contributed by atoms with Crippen molar-refractivity contribution in [3.63, 3.8) is 0 Å². The summed E-state index contributed by atoms with van der Waals surface area (Å²) in [7, 11) is 0. The van der Waals surface area contributed by atoms with Gasteiger partial charge in [-0.25, -0.2) is 9.07 Å². The van der Waals surface area contributed by atoms with Crippen molar-refractivity contribution in [2.24, 2.45) is 0 Å². The number of carbonyl (C=O) groups excluding carboxylic acids is 2. The van der Waals surface area contributed by atoms with Crippen LogP contribution in [-0.2, 0) is 22.4 Å². The second kappa shape index (κ2) is 10.9. The number of aromatic nitrogens is 2. The molecule has 1 aromatic heterocycles. The SMILES string of the molecule is O=C(CCCc1ccccc1)Nc1ccnn1C1CCN(C(=O)Cc2ccccc2F)CC1. The fourth-order valence-corrected chi connectivity index (χ4v) is 4.28. The first-order valence-corrected chi connectivity index (χ1v) is 11.5. The molecule has 0 unspecified atom stereocenters. The second-order valence-electron chi connectivity index (χ2n) is 8.43. The summed E-state index contributed by atoms with van der Waals surface area (Å²) in [5, 5.41) is 7.41. The number of hydrogen-bond acceptors (Lipinski definition) is 3. The zero-order valence-electron chi connectivity index (χ0n) is 18.6. The van der Waals surface area contributed by atoms with Crippen LogP contribution in [0.15, 0.2) is 66.9 Å². The van der Waals surface area contributed by atoms with Gasteiger partial charge in [0.1, 0.15) is 11.6 Å². The smallest absolute Gasteiger partial charge is 0.227 e. The molecule has 1 aliphatic rings. The predicted molar refractivity (Wildman–Crippen MR) is 125 cm³/mol. The Balaban J connectivity index is 1.25. The molecule has 1 N–H and O–H groups in total. The molecule has 1 aliphatic heterocycles. The fourth-order valence-electron chi connectivity index (χ4n) is 4.28. The topological polar surface area (TPSA) is 67.2 Å². The Labute approximate surface area is 193 Å². The molecule has 1 fully saturated rings. The Morgan fingerprint density at radius 3 is 2.48 bits per heavy atom. The summed E-state index contributed by atoms with van der Waals surface area (Å²) in [5.74, 6) is 0.258. The molecule has 0 atom stereocenters. The molecular formula is C26H29FN4O2. The third-order valence-electron chi connectivity index (χ3n) is 6.11. The molecule has 172 valence electrons. The van der Waals surface area contributed by atoms with E-state index >= 15 is 0 Å². The van der Waals surface area contributed by atoms with E-state index in [1.54, 1.807) is 29.3 Å². The van der Waals surface area contributed by atoms with Crippen LogP contribution >= 0.6 is 0 Å². The molecule has 33 heavy (non-hydrogen) atoms. The first-order valence-electron chi connectivity index (χ1n) is 11.5. The van der Waals surface area contributed by atoms with Crippen LogP contribution in [0.5, 0.6) is 0 Å². The van der Waals surface area contributed by atoms with E-state index in [9.17, 15) is 14.0 Å². The van der Waals surface area contributed by atoms with Gasteiger partial charge in [0.25, 0.3) is 0 Å². The normalized spacial score (nSPS) is 14.3. The zero-order chi connectivity index (χ0) is 23.0. The quantitative estimate of drug-likeness (QED) is 0.556. The lowest BCUT2D eigenvalue weighted by Crippen LogP contribution is -2.40. The number of likely N-dealkylation sites (tertiary alicyclic amines) is 1. The number of carbonyl (C=O) groups is 2. The van der Waals surface area contributed by atoms with Crippen LogP contribution in [0.1, 0.15) is 42.9 Å². The Hall–Kier alpha value is -3.48. The molecule has 7 heteroatoms. The summed E-state index contributed by atoms with van der Waals surface area (Å²) in [6.45, 7) is 1.17. The minimum Gasteiger partial charge on any atom is -0.342 e. The molecule has 4 rings (SSSR count). The van der Waals surface area contributed by atoms with Crippen molar-refractivity contribution in [1.29, 1.82) is 0 Å². The second-order valence-corrected chi connectivity index (χ2v) is 8.43. The predicted octanol–water partition coefficient (Wildman–Crippen LogP) is 4.39. The maximum absolute atomic E-state index is 13.9. The van der Waals surface area contributed by atoms with Crippen LogP contribution < -0.4 is 5.32 Å². The number of hydrogen-bond donors (Lipinski definition) is 1. The molecule has 1 saturated heterocycles. The lowest BCUT2D eigenvalue weighted by atomic mass is 10.0. The Bertz CT molecular complexity index is 1070. The summed E-state index contributed by atoms with van der Waals surface area (Å²) < 4.78 is 15.7. The zero-order valence-corrected chi connectivity index (χ0v) is 18.6. The van der Waals surface area contributed by atoms with E-state index in [2.05, 4.69) is 22.5 Å². The van der Waals surface area contributed by atoms with Gasteiger partial charge in [-0.15, -0.1) is 0 Å². The number of amides is 2. The number of benzene rings is 2. The Morgan fingerprint density at radius 2 is 1.73 bits per heavy atom. The highest BCUT2D eigenvalue weighted by Gasteiger charge is 2.26. The minimum atomic E-state index is -0.346. The van der Waals surface area contributed by atoms with Crippen molar-refractivity contribution in [3.8, 4) is 0 Å². The molecule has 0 aliphatic carbocycles. The van der Waals surface area contributed by atoms with Gasteiger partial charge in [0.05, 0.1) is 18.7 Å². The molecule has 0 spiro atoms. The van der Waals surface area contributed by atoms with Gasteiger partial charge in [-0.2, -0.15) is 5.10 Å². The van der Waals surface area contributed by atoms with Crippen molar-refractivity contribution in [2.75, 3.05) is 18.4 Å². The van der Waals surface area contributed by atoms with E-state index < -0.39 is 0 Å². The maximum atomic E-state index is 13.9. The van der Waals surface area contributed by atoms with Gasteiger partial charge in [-0.3, -0.25) is 9.59 Å². The van der Waals surface area contributed by atoms with E-state index in [1.807, 2.05) is 28.9 Å². The summed E-state index contributed by atoms with van der Waals surface area (Å²) in [6.07, 6.45) is 5.34. The number of rotatable bonds is 8. The lowest BCUT2D eigenvalue weighted by molar-refractivity contribution is -0.131. The average molecular weight is 449 g/mol. The van der Waals surface area contributed by atoms with Crippen LogP contribution in [0.4, 0.5) is 10.2 Å². The maximum Gasteiger partial charge on any atom is 0.227 e. The van der Waals surface area contributed by atoms with Gasteiger partial charge >= 0.3 is 0 Å². The van der Waals surface area contributed by atoms with E-state index in [1.165, 1.54) is 11.6 Å². The first kappa shape index (κ1) is 22.7. The van der Waals surface area contributed by atoms with Crippen LogP contribution in [0.3, 0.4) is 0 Å². The number of aryl methyl sites for hydroxylation is 1. The number of nitrogens with zero attached hydrogens (tertiary/aromatic N) is 3. The number of anilines is 1. The summed E-state index contributed by atoms with van der Waals surface area (Å²) in [4.78, 5) is 26.8. The van der Waals surface area contributed by atoms with E-state index in [4.69, 9.17) is 0 Å². The van der Waals surface area contributed by atoms with Gasteiger partial charge in [0.15, 0.2) is 0 Å².